The van der Waals surface area contributed by atoms with E-state index in [-0.39, 0.29) is 12.4 Å². The molecule has 44 heavy (non-hydrogen) atoms. The number of rotatable bonds is 25. The Hall–Kier alpha value is -2.28. The summed E-state index contributed by atoms with van der Waals surface area (Å²) in [5, 5.41) is 1.17. The lowest BCUT2D eigenvalue weighted by molar-refractivity contribution is -0.662. The first-order valence-electron chi connectivity index (χ1n) is 16.7. The van der Waals surface area contributed by atoms with E-state index >= 15 is 0 Å². The number of hydrogen-bond acceptors (Lipinski definition) is 5. The fourth-order valence-corrected chi connectivity index (χ4v) is 6.14. The van der Waals surface area contributed by atoms with Gasteiger partial charge in [-0.25, -0.2) is 4.57 Å². The number of phosphoric acid groups is 1. The molecule has 0 saturated carbocycles. The number of para-hydroxylation sites is 1. The average Bonchev–Trinajstić information content (AvgIpc) is 3.03. The largest absolute Gasteiger partial charge is 0.527 e. The number of nitrogens with zero attached hydrogens (tertiary/aromatic N) is 1. The zero-order valence-corrected chi connectivity index (χ0v) is 27.9. The topological polar surface area (TPSA) is 78.1 Å². The van der Waals surface area contributed by atoms with E-state index in [0.717, 1.165) is 23.9 Å². The first-order chi connectivity index (χ1) is 21.5. The number of pyridine rings is 1. The molecule has 3 rings (SSSR count). The van der Waals surface area contributed by atoms with E-state index in [2.05, 4.69) is 29.7 Å². The van der Waals surface area contributed by atoms with Crippen LogP contribution in [0.1, 0.15) is 102 Å². The van der Waals surface area contributed by atoms with Crippen LogP contribution in [0.3, 0.4) is 0 Å². The van der Waals surface area contributed by atoms with Crippen molar-refractivity contribution >= 4 is 18.7 Å². The Labute approximate surface area is 265 Å². The standard InChI is InChI=1S/C36H54NO6P/c1-3-4-5-6-7-8-9-10-11-12-13-14-15-18-28-41-30-35(40-2)31-42-44(38,39)43-34-25-23-32(24-26-34)29-37-27-19-21-33-20-16-17-22-36(33)37/h16-17,19-27,35H,3-15,18,28-31H2,1-2H3/p+1. The van der Waals surface area contributed by atoms with Crippen LogP contribution in [-0.4, -0.2) is 37.9 Å². The molecule has 1 N–H and O–H groups in total. The molecular weight excluding hydrogens is 573 g/mol. The fraction of sp³-hybridized carbons (Fsp3) is 0.583. The van der Waals surface area contributed by atoms with E-state index in [1.165, 1.54) is 82.4 Å². The number of fused-ring (bicyclic) bond motifs is 1. The number of hydrogen-bond donors (Lipinski definition) is 1. The van der Waals surface area contributed by atoms with E-state index in [1.807, 2.05) is 36.5 Å². The maximum atomic E-state index is 12.6. The minimum atomic E-state index is -4.31. The number of aromatic nitrogens is 1. The highest BCUT2D eigenvalue weighted by Gasteiger charge is 2.25. The second-order valence-electron chi connectivity index (χ2n) is 11.7. The van der Waals surface area contributed by atoms with Crippen molar-refractivity contribution in [2.75, 3.05) is 26.9 Å². The van der Waals surface area contributed by atoms with Crippen molar-refractivity contribution < 1.29 is 32.5 Å². The summed E-state index contributed by atoms with van der Waals surface area (Å²) in [5.41, 5.74) is 2.18. The summed E-state index contributed by atoms with van der Waals surface area (Å²) in [6.07, 6.45) is 20.1. The molecule has 0 saturated heterocycles. The number of ether oxygens (including phenoxy) is 2. The Kier molecular flexibility index (Phi) is 17.6. The molecule has 8 heteroatoms. The third-order valence-electron chi connectivity index (χ3n) is 7.99. The molecule has 0 aliphatic carbocycles. The fourth-order valence-electron chi connectivity index (χ4n) is 5.35. The van der Waals surface area contributed by atoms with Gasteiger partial charge in [0.15, 0.2) is 12.7 Å². The van der Waals surface area contributed by atoms with Gasteiger partial charge in [0.1, 0.15) is 11.9 Å². The molecule has 0 radical (unpaired) electrons. The van der Waals surface area contributed by atoms with Gasteiger partial charge >= 0.3 is 7.82 Å². The quantitative estimate of drug-likeness (QED) is 0.0573. The summed E-state index contributed by atoms with van der Waals surface area (Å²) in [6, 6.07) is 19.5. The summed E-state index contributed by atoms with van der Waals surface area (Å²) < 4.78 is 36.4. The van der Waals surface area contributed by atoms with Gasteiger partial charge in [-0.1, -0.05) is 103 Å². The van der Waals surface area contributed by atoms with Crippen LogP contribution in [0, 0.1) is 0 Å². The van der Waals surface area contributed by atoms with Crippen LogP contribution >= 0.6 is 7.82 Å². The van der Waals surface area contributed by atoms with Gasteiger partial charge in [-0.05, 0) is 42.8 Å². The third kappa shape index (κ3) is 14.7. The second-order valence-corrected chi connectivity index (χ2v) is 13.1. The Bertz CT molecular complexity index is 1220. The number of phosphoric ester groups is 1. The predicted molar refractivity (Wildman–Crippen MR) is 178 cm³/mol. The molecule has 0 aliphatic heterocycles. The van der Waals surface area contributed by atoms with Crippen LogP contribution in [0.25, 0.3) is 10.9 Å². The monoisotopic (exact) mass is 628 g/mol. The smallest absolute Gasteiger partial charge is 0.404 e. The van der Waals surface area contributed by atoms with E-state index in [4.69, 9.17) is 18.5 Å². The van der Waals surface area contributed by atoms with Gasteiger partial charge < -0.3 is 14.0 Å². The molecule has 0 bridgehead atoms. The zero-order valence-electron chi connectivity index (χ0n) is 27.0. The van der Waals surface area contributed by atoms with Crippen LogP contribution in [0.2, 0.25) is 0 Å². The Balaban J connectivity index is 1.23. The molecule has 244 valence electrons. The maximum Gasteiger partial charge on any atom is 0.527 e. The first kappa shape index (κ1) is 36.2. The van der Waals surface area contributed by atoms with E-state index in [0.29, 0.717) is 19.8 Å². The van der Waals surface area contributed by atoms with Gasteiger partial charge in [0.25, 0.3) is 0 Å². The SMILES string of the molecule is CCCCCCCCCCCCCCCCOCC(COP(=O)(O)Oc1ccc(C[n+]2cccc3ccccc32)cc1)OC. The lowest BCUT2D eigenvalue weighted by atomic mass is 10.0. The molecular formula is C36H55NO6P+. The molecule has 1 heterocycles. The van der Waals surface area contributed by atoms with Crippen molar-refractivity contribution in [1.29, 1.82) is 0 Å². The average molecular weight is 629 g/mol. The molecule has 2 atom stereocenters. The summed E-state index contributed by atoms with van der Waals surface area (Å²) in [6.45, 7) is 3.79. The Morgan fingerprint density at radius 3 is 1.98 bits per heavy atom. The molecule has 0 fully saturated rings. The molecule has 7 nitrogen and oxygen atoms in total. The van der Waals surface area contributed by atoms with Crippen LogP contribution in [-0.2, 0) is 25.1 Å². The van der Waals surface area contributed by atoms with Gasteiger partial charge in [-0.2, -0.15) is 4.57 Å². The summed E-state index contributed by atoms with van der Waals surface area (Å²) >= 11 is 0. The molecule has 0 aliphatic rings. The van der Waals surface area contributed by atoms with Crippen molar-refractivity contribution in [3.63, 3.8) is 0 Å². The van der Waals surface area contributed by atoms with Gasteiger partial charge in [-0.3, -0.25) is 9.42 Å². The number of benzene rings is 2. The van der Waals surface area contributed by atoms with Crippen LogP contribution in [0.15, 0.2) is 66.9 Å². The normalized spacial score (nSPS) is 13.6. The third-order valence-corrected chi connectivity index (χ3v) is 8.90. The van der Waals surface area contributed by atoms with Crippen molar-refractivity contribution in [2.45, 2.75) is 109 Å². The van der Waals surface area contributed by atoms with Crippen molar-refractivity contribution in [1.82, 2.24) is 0 Å². The van der Waals surface area contributed by atoms with E-state index < -0.39 is 13.9 Å². The van der Waals surface area contributed by atoms with Crippen molar-refractivity contribution in [3.8, 4) is 5.75 Å². The molecule has 1 aromatic heterocycles. The van der Waals surface area contributed by atoms with Crippen molar-refractivity contribution in [2.24, 2.45) is 0 Å². The molecule has 0 spiro atoms. The van der Waals surface area contributed by atoms with Gasteiger partial charge in [-0.15, -0.1) is 0 Å². The molecule has 2 unspecified atom stereocenters. The minimum absolute atomic E-state index is 0.0984. The van der Waals surface area contributed by atoms with Crippen LogP contribution in [0.5, 0.6) is 5.75 Å². The Morgan fingerprint density at radius 2 is 1.34 bits per heavy atom. The highest BCUT2D eigenvalue weighted by molar-refractivity contribution is 7.47. The van der Waals surface area contributed by atoms with Gasteiger partial charge in [0, 0.05) is 36.8 Å². The summed E-state index contributed by atoms with van der Waals surface area (Å²) in [5.74, 6) is 0.269. The molecule has 0 amide bonds. The predicted octanol–water partition coefficient (Wildman–Crippen LogP) is 9.18. The Morgan fingerprint density at radius 1 is 0.750 bits per heavy atom. The van der Waals surface area contributed by atoms with E-state index in [9.17, 15) is 9.46 Å². The first-order valence-corrected chi connectivity index (χ1v) is 18.2. The van der Waals surface area contributed by atoms with Gasteiger partial charge in [0.2, 0.25) is 5.52 Å². The lowest BCUT2D eigenvalue weighted by Crippen LogP contribution is -2.34. The highest BCUT2D eigenvalue weighted by atomic mass is 31.2. The molecule has 2 aromatic carbocycles. The number of methoxy groups -OCH3 is 1. The van der Waals surface area contributed by atoms with Crippen LogP contribution in [0.4, 0.5) is 0 Å². The molecule has 3 aromatic rings. The van der Waals surface area contributed by atoms with Crippen molar-refractivity contribution in [3.05, 3.63) is 72.4 Å². The summed E-state index contributed by atoms with van der Waals surface area (Å²) in [4.78, 5) is 10.3. The lowest BCUT2D eigenvalue weighted by Gasteiger charge is -2.18. The van der Waals surface area contributed by atoms with Gasteiger partial charge in [0.05, 0.1) is 13.2 Å². The summed E-state index contributed by atoms with van der Waals surface area (Å²) in [7, 11) is -2.77. The zero-order chi connectivity index (χ0) is 31.3. The minimum Gasteiger partial charge on any atom is -0.404 e. The second kappa shape index (κ2) is 21.5. The maximum absolute atomic E-state index is 12.6. The van der Waals surface area contributed by atoms with Crippen LogP contribution < -0.4 is 9.09 Å². The number of unbranched alkanes of at least 4 members (excludes halogenated alkanes) is 13. The highest BCUT2D eigenvalue weighted by Crippen LogP contribution is 2.44. The van der Waals surface area contributed by atoms with E-state index in [1.54, 1.807) is 19.2 Å².